The average Bonchev–Trinajstić information content (AvgIpc) is 2.27. The van der Waals surface area contributed by atoms with Crippen molar-refractivity contribution in [1.82, 2.24) is 0 Å². The molecule has 1 saturated heterocycles. The maximum atomic E-state index is 12.0. The molecule has 1 heterocycles. The summed E-state index contributed by atoms with van der Waals surface area (Å²) < 4.78 is 11.1. The average molecular weight is 266 g/mol. The van der Waals surface area contributed by atoms with Crippen molar-refractivity contribution in [2.75, 3.05) is 0 Å². The van der Waals surface area contributed by atoms with E-state index in [1.807, 2.05) is 19.9 Å². The van der Waals surface area contributed by atoms with Gasteiger partial charge in [0, 0.05) is 17.7 Å². The summed E-state index contributed by atoms with van der Waals surface area (Å²) in [5.41, 5.74) is 0.550. The van der Waals surface area contributed by atoms with Crippen LogP contribution in [-0.2, 0) is 9.47 Å². The summed E-state index contributed by atoms with van der Waals surface area (Å²) in [5, 5.41) is 0. The van der Waals surface area contributed by atoms with Crippen molar-refractivity contribution < 1.29 is 14.3 Å². The molecule has 0 bridgehead atoms. The van der Waals surface area contributed by atoms with Crippen LogP contribution in [0, 0.1) is 0 Å². The molecule has 2 rings (SSSR count). The zero-order valence-corrected chi connectivity index (χ0v) is 11.5. The maximum Gasteiger partial charge on any atom is 0.338 e. The standard InChI is InChI=1S/C14H18O3S/c1-9-6-12(7-10(2)16-9)17-14(15)11-4-3-5-13(18)8-11/h3-5,8-10,12,18H,6-7H2,1-2H3. The van der Waals surface area contributed by atoms with Gasteiger partial charge in [0.2, 0.25) is 0 Å². The third-order valence-corrected chi connectivity index (χ3v) is 3.29. The fourth-order valence-corrected chi connectivity index (χ4v) is 2.52. The van der Waals surface area contributed by atoms with Crippen molar-refractivity contribution in [3.05, 3.63) is 29.8 Å². The first-order valence-corrected chi connectivity index (χ1v) is 6.65. The summed E-state index contributed by atoms with van der Waals surface area (Å²) in [6.45, 7) is 4.01. The highest BCUT2D eigenvalue weighted by Crippen LogP contribution is 2.23. The zero-order valence-electron chi connectivity index (χ0n) is 10.6. The predicted molar refractivity (Wildman–Crippen MR) is 72.1 cm³/mol. The highest BCUT2D eigenvalue weighted by atomic mass is 32.1. The van der Waals surface area contributed by atoms with E-state index in [1.54, 1.807) is 18.2 Å². The van der Waals surface area contributed by atoms with Gasteiger partial charge in [-0.1, -0.05) is 6.07 Å². The van der Waals surface area contributed by atoms with Gasteiger partial charge in [0.25, 0.3) is 0 Å². The molecule has 0 N–H and O–H groups in total. The van der Waals surface area contributed by atoms with E-state index < -0.39 is 0 Å². The third-order valence-electron chi connectivity index (χ3n) is 3.01. The minimum atomic E-state index is -0.280. The first-order chi connectivity index (χ1) is 8.54. The van der Waals surface area contributed by atoms with Gasteiger partial charge in [0.1, 0.15) is 6.10 Å². The monoisotopic (exact) mass is 266 g/mol. The molecule has 2 unspecified atom stereocenters. The molecule has 2 atom stereocenters. The molecule has 1 aliphatic heterocycles. The summed E-state index contributed by atoms with van der Waals surface area (Å²) >= 11 is 4.22. The van der Waals surface area contributed by atoms with Crippen molar-refractivity contribution >= 4 is 18.6 Å². The number of hydrogen-bond acceptors (Lipinski definition) is 4. The quantitative estimate of drug-likeness (QED) is 0.660. The van der Waals surface area contributed by atoms with Gasteiger partial charge >= 0.3 is 5.97 Å². The summed E-state index contributed by atoms with van der Waals surface area (Å²) in [7, 11) is 0. The van der Waals surface area contributed by atoms with Crippen molar-refractivity contribution in [1.29, 1.82) is 0 Å². The summed E-state index contributed by atoms with van der Waals surface area (Å²) in [6, 6.07) is 7.10. The largest absolute Gasteiger partial charge is 0.459 e. The van der Waals surface area contributed by atoms with Crippen molar-refractivity contribution in [2.45, 2.75) is 49.9 Å². The first-order valence-electron chi connectivity index (χ1n) is 6.20. The Morgan fingerprint density at radius 2 is 2.00 bits per heavy atom. The van der Waals surface area contributed by atoms with Gasteiger partial charge in [-0.05, 0) is 32.0 Å². The Morgan fingerprint density at radius 1 is 1.33 bits per heavy atom. The van der Waals surface area contributed by atoms with E-state index in [-0.39, 0.29) is 24.3 Å². The Balaban J connectivity index is 1.99. The lowest BCUT2D eigenvalue weighted by atomic mass is 10.0. The molecular formula is C14H18O3S. The minimum Gasteiger partial charge on any atom is -0.459 e. The molecule has 18 heavy (non-hydrogen) atoms. The zero-order chi connectivity index (χ0) is 13.1. The second kappa shape index (κ2) is 5.76. The van der Waals surface area contributed by atoms with Gasteiger partial charge in [-0.3, -0.25) is 0 Å². The fraction of sp³-hybridized carbons (Fsp3) is 0.500. The van der Waals surface area contributed by atoms with Gasteiger partial charge in [-0.2, -0.15) is 0 Å². The van der Waals surface area contributed by atoms with E-state index in [0.29, 0.717) is 5.56 Å². The molecule has 4 heteroatoms. The Bertz CT molecular complexity index is 423. The highest BCUT2D eigenvalue weighted by molar-refractivity contribution is 7.80. The van der Waals surface area contributed by atoms with Gasteiger partial charge in [-0.25, -0.2) is 4.79 Å². The SMILES string of the molecule is CC1CC(OC(=O)c2cccc(S)c2)CC(C)O1. The topological polar surface area (TPSA) is 35.5 Å². The van der Waals surface area contributed by atoms with Crippen LogP contribution in [0.5, 0.6) is 0 Å². The lowest BCUT2D eigenvalue weighted by molar-refractivity contribution is -0.0855. The lowest BCUT2D eigenvalue weighted by Gasteiger charge is -2.31. The van der Waals surface area contributed by atoms with Crippen LogP contribution in [0.1, 0.15) is 37.0 Å². The van der Waals surface area contributed by atoms with E-state index in [1.165, 1.54) is 0 Å². The van der Waals surface area contributed by atoms with Crippen LogP contribution in [-0.4, -0.2) is 24.3 Å². The Hall–Kier alpha value is -1.00. The fourth-order valence-electron chi connectivity index (χ4n) is 2.29. The number of hydrogen-bond donors (Lipinski definition) is 1. The molecule has 98 valence electrons. The third kappa shape index (κ3) is 3.50. The van der Waals surface area contributed by atoms with Crippen LogP contribution >= 0.6 is 12.6 Å². The van der Waals surface area contributed by atoms with Crippen molar-refractivity contribution in [3.8, 4) is 0 Å². The number of rotatable bonds is 2. The summed E-state index contributed by atoms with van der Waals surface area (Å²) in [4.78, 5) is 12.7. The number of ether oxygens (including phenoxy) is 2. The second-order valence-electron chi connectivity index (χ2n) is 4.81. The molecule has 0 radical (unpaired) electrons. The molecule has 1 fully saturated rings. The molecule has 0 amide bonds. The van der Waals surface area contributed by atoms with E-state index in [2.05, 4.69) is 12.6 Å². The first kappa shape index (κ1) is 13.4. The van der Waals surface area contributed by atoms with E-state index in [9.17, 15) is 4.79 Å². The number of carbonyl (C=O) groups excluding carboxylic acids is 1. The Morgan fingerprint density at radius 3 is 2.61 bits per heavy atom. The van der Waals surface area contributed by atoms with Crippen LogP contribution < -0.4 is 0 Å². The molecule has 0 aromatic heterocycles. The van der Waals surface area contributed by atoms with Crippen LogP contribution in [0.4, 0.5) is 0 Å². The van der Waals surface area contributed by atoms with Gasteiger partial charge in [0.15, 0.2) is 0 Å². The normalized spacial score (nSPS) is 27.8. The minimum absolute atomic E-state index is 0.0557. The van der Waals surface area contributed by atoms with Crippen LogP contribution in [0.15, 0.2) is 29.2 Å². The van der Waals surface area contributed by atoms with Gasteiger partial charge in [-0.15, -0.1) is 12.6 Å². The molecule has 0 saturated carbocycles. The van der Waals surface area contributed by atoms with Crippen LogP contribution in [0.2, 0.25) is 0 Å². The maximum absolute atomic E-state index is 12.0. The summed E-state index contributed by atoms with van der Waals surface area (Å²) in [5.74, 6) is -0.280. The van der Waals surface area contributed by atoms with E-state index >= 15 is 0 Å². The molecule has 0 aliphatic carbocycles. The predicted octanol–water partition coefficient (Wildman–Crippen LogP) is 3.09. The lowest BCUT2D eigenvalue weighted by Crippen LogP contribution is -2.35. The Labute approximate surface area is 113 Å². The molecule has 1 aliphatic rings. The molecule has 3 nitrogen and oxygen atoms in total. The molecular weight excluding hydrogens is 248 g/mol. The van der Waals surface area contributed by atoms with Crippen LogP contribution in [0.25, 0.3) is 0 Å². The van der Waals surface area contributed by atoms with Crippen molar-refractivity contribution in [2.24, 2.45) is 0 Å². The van der Waals surface area contributed by atoms with Crippen molar-refractivity contribution in [3.63, 3.8) is 0 Å². The van der Waals surface area contributed by atoms with Gasteiger partial charge < -0.3 is 9.47 Å². The highest BCUT2D eigenvalue weighted by Gasteiger charge is 2.27. The Kier molecular flexibility index (Phi) is 4.30. The number of thiol groups is 1. The van der Waals surface area contributed by atoms with Crippen LogP contribution in [0.3, 0.4) is 0 Å². The van der Waals surface area contributed by atoms with Gasteiger partial charge in [0.05, 0.1) is 17.8 Å². The molecule has 1 aromatic carbocycles. The number of esters is 1. The molecule has 0 spiro atoms. The summed E-state index contributed by atoms with van der Waals surface area (Å²) in [6.07, 6.45) is 1.75. The number of carbonyl (C=O) groups is 1. The number of benzene rings is 1. The van der Waals surface area contributed by atoms with E-state index in [4.69, 9.17) is 9.47 Å². The smallest absolute Gasteiger partial charge is 0.338 e. The van der Waals surface area contributed by atoms with E-state index in [0.717, 1.165) is 17.7 Å². The molecule has 1 aromatic rings. The second-order valence-corrected chi connectivity index (χ2v) is 5.32.